The maximum absolute atomic E-state index is 12.5. The number of rotatable bonds is 9. The average Bonchev–Trinajstić information content (AvgIpc) is 2.99. The molecule has 1 aromatic heterocycles. The van der Waals surface area contributed by atoms with Crippen LogP contribution in [0.2, 0.25) is 0 Å². The molecule has 1 amide bonds. The number of anilines is 1. The number of hydrogen-bond donors (Lipinski definition) is 2. The average molecular weight is 483 g/mol. The second kappa shape index (κ2) is 10.7. The van der Waals surface area contributed by atoms with Gasteiger partial charge in [0.15, 0.2) is 6.61 Å². The van der Waals surface area contributed by atoms with Crippen LogP contribution in [-0.2, 0) is 24.3 Å². The summed E-state index contributed by atoms with van der Waals surface area (Å²) in [6, 6.07) is 4.08. The SMILES string of the molecule is CCNS(=O)(=O)c1ccc(C)c(C(=O)OCC(=O)Nc2sc(C)c(C)c2C(=O)OCC)c1. The molecule has 0 bridgehead atoms. The van der Waals surface area contributed by atoms with Gasteiger partial charge in [0.2, 0.25) is 10.0 Å². The van der Waals surface area contributed by atoms with Crippen LogP contribution < -0.4 is 10.0 Å². The molecule has 0 unspecified atom stereocenters. The van der Waals surface area contributed by atoms with E-state index >= 15 is 0 Å². The Kier molecular flexibility index (Phi) is 8.53. The fourth-order valence-corrected chi connectivity index (χ4v) is 4.93. The number of nitrogens with one attached hydrogen (secondary N) is 2. The highest BCUT2D eigenvalue weighted by Gasteiger charge is 2.23. The Morgan fingerprint density at radius 2 is 1.72 bits per heavy atom. The summed E-state index contributed by atoms with van der Waals surface area (Å²) < 4.78 is 36.8. The third kappa shape index (κ3) is 5.93. The zero-order chi connectivity index (χ0) is 24.1. The predicted molar refractivity (Wildman–Crippen MR) is 121 cm³/mol. The number of sulfonamides is 1. The van der Waals surface area contributed by atoms with Crippen LogP contribution >= 0.6 is 11.3 Å². The van der Waals surface area contributed by atoms with Crippen LogP contribution in [0.25, 0.3) is 0 Å². The molecule has 0 atom stereocenters. The first-order valence-corrected chi connectivity index (χ1v) is 12.2. The van der Waals surface area contributed by atoms with Crippen molar-refractivity contribution in [3.05, 3.63) is 45.3 Å². The van der Waals surface area contributed by atoms with Crippen LogP contribution in [-0.4, -0.2) is 46.0 Å². The molecule has 174 valence electrons. The van der Waals surface area contributed by atoms with Gasteiger partial charge in [0.25, 0.3) is 5.91 Å². The quantitative estimate of drug-likeness (QED) is 0.526. The van der Waals surface area contributed by atoms with Gasteiger partial charge in [-0.3, -0.25) is 4.79 Å². The summed E-state index contributed by atoms with van der Waals surface area (Å²) in [5.74, 6) is -2.02. The largest absolute Gasteiger partial charge is 0.462 e. The van der Waals surface area contributed by atoms with Crippen LogP contribution in [0.15, 0.2) is 23.1 Å². The van der Waals surface area contributed by atoms with Gasteiger partial charge in [-0.25, -0.2) is 22.7 Å². The molecular formula is C21H26N2O7S2. The molecule has 0 saturated carbocycles. The minimum atomic E-state index is -3.75. The second-order valence-electron chi connectivity index (χ2n) is 6.81. The van der Waals surface area contributed by atoms with E-state index in [-0.39, 0.29) is 29.2 Å². The summed E-state index contributed by atoms with van der Waals surface area (Å²) in [5, 5.41) is 2.90. The molecule has 1 heterocycles. The lowest BCUT2D eigenvalue weighted by atomic mass is 10.1. The van der Waals surface area contributed by atoms with Gasteiger partial charge in [-0.2, -0.15) is 0 Å². The van der Waals surface area contributed by atoms with Crippen LogP contribution in [0, 0.1) is 20.8 Å². The number of amides is 1. The van der Waals surface area contributed by atoms with Crippen molar-refractivity contribution in [2.75, 3.05) is 25.1 Å². The Morgan fingerprint density at radius 1 is 1.03 bits per heavy atom. The number of carbonyl (C=O) groups excluding carboxylic acids is 3. The standard InChI is InChI=1S/C21H26N2O7S2/c1-6-22-32(27,28)15-9-8-12(3)16(10-15)20(25)30-11-17(24)23-19-18(21(26)29-7-2)13(4)14(5)31-19/h8-10,22H,6-7,11H2,1-5H3,(H,23,24). The first kappa shape index (κ1) is 25.5. The third-order valence-electron chi connectivity index (χ3n) is 4.53. The van der Waals surface area contributed by atoms with Crippen molar-refractivity contribution in [1.29, 1.82) is 0 Å². The van der Waals surface area contributed by atoms with E-state index in [4.69, 9.17) is 9.47 Å². The summed E-state index contributed by atoms with van der Waals surface area (Å²) in [4.78, 5) is 37.8. The minimum Gasteiger partial charge on any atom is -0.462 e. The highest BCUT2D eigenvalue weighted by atomic mass is 32.2. The van der Waals surface area contributed by atoms with Crippen molar-refractivity contribution in [1.82, 2.24) is 4.72 Å². The lowest BCUT2D eigenvalue weighted by Gasteiger charge is -2.11. The Labute approximate surface area is 191 Å². The van der Waals surface area contributed by atoms with Crippen molar-refractivity contribution >= 4 is 44.2 Å². The van der Waals surface area contributed by atoms with Gasteiger partial charge in [0, 0.05) is 11.4 Å². The molecule has 1 aromatic carbocycles. The topological polar surface area (TPSA) is 128 Å². The smallest absolute Gasteiger partial charge is 0.341 e. The van der Waals surface area contributed by atoms with Gasteiger partial charge in [-0.15, -0.1) is 11.3 Å². The molecule has 9 nitrogen and oxygen atoms in total. The molecule has 11 heteroatoms. The van der Waals surface area contributed by atoms with Crippen molar-refractivity contribution in [2.45, 2.75) is 39.5 Å². The molecule has 0 aliphatic carbocycles. The molecule has 0 spiro atoms. The number of benzene rings is 1. The normalized spacial score (nSPS) is 11.2. The minimum absolute atomic E-state index is 0.0341. The zero-order valence-corrected chi connectivity index (χ0v) is 20.2. The van der Waals surface area contributed by atoms with Gasteiger partial charge < -0.3 is 14.8 Å². The van der Waals surface area contributed by atoms with E-state index in [1.54, 1.807) is 27.7 Å². The maximum Gasteiger partial charge on any atom is 0.341 e. The molecule has 0 radical (unpaired) electrons. The lowest BCUT2D eigenvalue weighted by molar-refractivity contribution is -0.119. The van der Waals surface area contributed by atoms with Crippen molar-refractivity contribution in [3.8, 4) is 0 Å². The highest BCUT2D eigenvalue weighted by Crippen LogP contribution is 2.33. The number of esters is 2. The highest BCUT2D eigenvalue weighted by molar-refractivity contribution is 7.89. The van der Waals surface area contributed by atoms with Crippen LogP contribution in [0.1, 0.15) is 50.6 Å². The number of thiophene rings is 1. The summed E-state index contributed by atoms with van der Waals surface area (Å²) in [6.45, 7) is 8.31. The molecule has 32 heavy (non-hydrogen) atoms. The molecule has 2 rings (SSSR count). The first-order valence-electron chi connectivity index (χ1n) is 9.86. The lowest BCUT2D eigenvalue weighted by Crippen LogP contribution is -2.24. The molecule has 0 saturated heterocycles. The molecule has 0 fully saturated rings. The molecule has 2 N–H and O–H groups in total. The van der Waals surface area contributed by atoms with Gasteiger partial charge >= 0.3 is 11.9 Å². The van der Waals surface area contributed by atoms with E-state index in [2.05, 4.69) is 10.0 Å². The van der Waals surface area contributed by atoms with Crippen LogP contribution in [0.5, 0.6) is 0 Å². The van der Waals surface area contributed by atoms with E-state index in [9.17, 15) is 22.8 Å². The van der Waals surface area contributed by atoms with E-state index < -0.39 is 34.5 Å². The molecule has 0 aliphatic heterocycles. The number of hydrogen-bond acceptors (Lipinski definition) is 8. The number of carbonyl (C=O) groups is 3. The second-order valence-corrected chi connectivity index (χ2v) is 9.80. The Balaban J connectivity index is 2.13. The zero-order valence-electron chi connectivity index (χ0n) is 18.5. The number of ether oxygens (including phenoxy) is 2. The predicted octanol–water partition coefficient (Wildman–Crippen LogP) is 2.94. The third-order valence-corrected chi connectivity index (χ3v) is 7.19. The summed E-state index contributed by atoms with van der Waals surface area (Å²) in [7, 11) is -3.75. The summed E-state index contributed by atoms with van der Waals surface area (Å²) in [6.07, 6.45) is 0. The van der Waals surface area contributed by atoms with E-state index in [0.717, 1.165) is 4.88 Å². The first-order chi connectivity index (χ1) is 15.0. The van der Waals surface area contributed by atoms with E-state index in [0.29, 0.717) is 16.1 Å². The monoisotopic (exact) mass is 482 g/mol. The van der Waals surface area contributed by atoms with Crippen molar-refractivity contribution in [2.24, 2.45) is 0 Å². The van der Waals surface area contributed by atoms with Crippen molar-refractivity contribution in [3.63, 3.8) is 0 Å². The number of aryl methyl sites for hydroxylation is 2. The van der Waals surface area contributed by atoms with E-state index in [1.807, 2.05) is 6.92 Å². The van der Waals surface area contributed by atoms with Gasteiger partial charge in [-0.05, 0) is 51.0 Å². The molecule has 0 aliphatic rings. The Bertz CT molecular complexity index is 1140. The molecular weight excluding hydrogens is 456 g/mol. The van der Waals surface area contributed by atoms with Crippen molar-refractivity contribution < 1.29 is 32.3 Å². The fourth-order valence-electron chi connectivity index (χ4n) is 2.80. The summed E-state index contributed by atoms with van der Waals surface area (Å²) in [5.41, 5.74) is 1.51. The fraction of sp³-hybridized carbons (Fsp3) is 0.381. The van der Waals surface area contributed by atoms with E-state index in [1.165, 1.54) is 29.5 Å². The maximum atomic E-state index is 12.5. The van der Waals surface area contributed by atoms with Gasteiger partial charge in [0.1, 0.15) is 5.00 Å². The van der Waals surface area contributed by atoms with Gasteiger partial charge in [0.05, 0.1) is 22.6 Å². The van der Waals surface area contributed by atoms with Gasteiger partial charge in [-0.1, -0.05) is 13.0 Å². The van der Waals surface area contributed by atoms with Crippen LogP contribution in [0.4, 0.5) is 5.00 Å². The summed E-state index contributed by atoms with van der Waals surface area (Å²) >= 11 is 1.22. The Morgan fingerprint density at radius 3 is 2.34 bits per heavy atom. The molecule has 2 aromatic rings. The Hall–Kier alpha value is -2.76. The van der Waals surface area contributed by atoms with Crippen LogP contribution in [0.3, 0.4) is 0 Å².